The monoisotopic (exact) mass is 258 g/mol. The highest BCUT2D eigenvalue weighted by molar-refractivity contribution is 6.00. The lowest BCUT2D eigenvalue weighted by molar-refractivity contribution is 0.834. The quantitative estimate of drug-likeness (QED) is 0.513. The summed E-state index contributed by atoms with van der Waals surface area (Å²) >= 11 is 0. The molecule has 0 heteroatoms. The zero-order valence-corrected chi connectivity index (χ0v) is 11.8. The lowest BCUT2D eigenvalue weighted by Gasteiger charge is -2.15. The largest absolute Gasteiger partial charge is 0.0620 e. The molecule has 0 fully saturated rings. The van der Waals surface area contributed by atoms with Gasteiger partial charge in [-0.1, -0.05) is 54.6 Å². The van der Waals surface area contributed by atoms with Crippen LogP contribution in [0.15, 0.2) is 54.6 Å². The SMILES string of the molecule is Cc1cc2c(c3ccccc13)-c1ccccc1CCC2. The van der Waals surface area contributed by atoms with Crippen molar-refractivity contribution in [3.05, 3.63) is 71.3 Å². The van der Waals surface area contributed by atoms with Crippen LogP contribution in [0, 0.1) is 6.92 Å². The Bertz CT molecular complexity index is 796. The summed E-state index contributed by atoms with van der Waals surface area (Å²) in [6.07, 6.45) is 3.63. The van der Waals surface area contributed by atoms with Crippen LogP contribution in [0.2, 0.25) is 0 Å². The van der Waals surface area contributed by atoms with E-state index in [4.69, 9.17) is 0 Å². The second kappa shape index (κ2) is 4.49. The molecule has 0 bridgehead atoms. The van der Waals surface area contributed by atoms with Crippen LogP contribution in [0.4, 0.5) is 0 Å². The Morgan fingerprint density at radius 1 is 0.750 bits per heavy atom. The van der Waals surface area contributed by atoms with Crippen molar-refractivity contribution in [1.29, 1.82) is 0 Å². The summed E-state index contributed by atoms with van der Waals surface area (Å²) in [6.45, 7) is 2.24. The molecule has 98 valence electrons. The molecule has 0 nitrogen and oxygen atoms in total. The molecule has 0 saturated carbocycles. The molecule has 3 aromatic rings. The lowest BCUT2D eigenvalue weighted by Crippen LogP contribution is -1.92. The van der Waals surface area contributed by atoms with Gasteiger partial charge >= 0.3 is 0 Å². The van der Waals surface area contributed by atoms with Crippen LogP contribution in [-0.2, 0) is 12.8 Å². The van der Waals surface area contributed by atoms with Gasteiger partial charge < -0.3 is 0 Å². The second-order valence-electron chi connectivity index (χ2n) is 5.78. The van der Waals surface area contributed by atoms with Crippen molar-refractivity contribution in [1.82, 2.24) is 0 Å². The van der Waals surface area contributed by atoms with Gasteiger partial charge in [0.1, 0.15) is 0 Å². The molecular formula is C20H18. The molecule has 1 aliphatic rings. The molecule has 4 rings (SSSR count). The summed E-state index contributed by atoms with van der Waals surface area (Å²) in [6, 6.07) is 20.2. The van der Waals surface area contributed by atoms with E-state index in [0.717, 1.165) is 0 Å². The van der Waals surface area contributed by atoms with E-state index in [9.17, 15) is 0 Å². The first-order valence-electron chi connectivity index (χ1n) is 7.44. The maximum Gasteiger partial charge on any atom is -0.00703 e. The molecule has 1 aliphatic carbocycles. The van der Waals surface area contributed by atoms with Gasteiger partial charge in [0, 0.05) is 0 Å². The smallest absolute Gasteiger partial charge is 0.00703 e. The zero-order chi connectivity index (χ0) is 13.5. The lowest BCUT2D eigenvalue weighted by atomic mass is 9.89. The highest BCUT2D eigenvalue weighted by atomic mass is 14.2. The van der Waals surface area contributed by atoms with E-state index in [1.165, 1.54) is 57.9 Å². The number of hydrogen-bond donors (Lipinski definition) is 0. The van der Waals surface area contributed by atoms with Crippen LogP contribution in [0.3, 0.4) is 0 Å². The minimum absolute atomic E-state index is 1.19. The van der Waals surface area contributed by atoms with Gasteiger partial charge in [0.05, 0.1) is 0 Å². The van der Waals surface area contributed by atoms with Crippen molar-refractivity contribution >= 4 is 10.8 Å². The molecule has 0 aliphatic heterocycles. The van der Waals surface area contributed by atoms with Gasteiger partial charge in [-0.2, -0.15) is 0 Å². The normalized spacial score (nSPS) is 13.7. The van der Waals surface area contributed by atoms with Gasteiger partial charge in [-0.15, -0.1) is 0 Å². The summed E-state index contributed by atoms with van der Waals surface area (Å²) in [5, 5.41) is 2.81. The van der Waals surface area contributed by atoms with Gasteiger partial charge in [0.2, 0.25) is 0 Å². The fourth-order valence-electron chi connectivity index (χ4n) is 3.60. The highest BCUT2D eigenvalue weighted by Crippen LogP contribution is 2.38. The molecular weight excluding hydrogens is 240 g/mol. The van der Waals surface area contributed by atoms with E-state index in [-0.39, 0.29) is 0 Å². The van der Waals surface area contributed by atoms with Crippen molar-refractivity contribution in [3.8, 4) is 11.1 Å². The summed E-state index contributed by atoms with van der Waals surface area (Å²) in [4.78, 5) is 0. The van der Waals surface area contributed by atoms with Gasteiger partial charge in [-0.3, -0.25) is 0 Å². The van der Waals surface area contributed by atoms with Crippen molar-refractivity contribution in [2.45, 2.75) is 26.2 Å². The highest BCUT2D eigenvalue weighted by Gasteiger charge is 2.17. The van der Waals surface area contributed by atoms with E-state index in [2.05, 4.69) is 61.5 Å². The van der Waals surface area contributed by atoms with Gasteiger partial charge in [0.15, 0.2) is 0 Å². The Hall–Kier alpha value is -2.08. The predicted molar refractivity (Wildman–Crippen MR) is 86.1 cm³/mol. The Balaban J connectivity index is 2.17. The molecule has 20 heavy (non-hydrogen) atoms. The first-order chi connectivity index (χ1) is 9.84. The number of rotatable bonds is 0. The first kappa shape index (κ1) is 11.7. The van der Waals surface area contributed by atoms with Crippen molar-refractivity contribution in [2.24, 2.45) is 0 Å². The molecule has 0 saturated heterocycles. The number of hydrogen-bond acceptors (Lipinski definition) is 0. The van der Waals surface area contributed by atoms with Crippen molar-refractivity contribution < 1.29 is 0 Å². The molecule has 0 unspecified atom stereocenters. The van der Waals surface area contributed by atoms with Gasteiger partial charge in [-0.05, 0) is 64.8 Å². The second-order valence-corrected chi connectivity index (χ2v) is 5.78. The standard InChI is InChI=1S/C20H18/c1-14-13-16-9-6-8-15-7-2-3-11-18(15)20(16)19-12-5-4-10-17(14)19/h2-5,7,10-13H,6,8-9H2,1H3. The molecule has 0 amide bonds. The minimum atomic E-state index is 1.19. The van der Waals surface area contributed by atoms with Crippen LogP contribution in [0.5, 0.6) is 0 Å². The van der Waals surface area contributed by atoms with Crippen LogP contribution in [0.25, 0.3) is 21.9 Å². The van der Waals surface area contributed by atoms with E-state index in [1.807, 2.05) is 0 Å². The first-order valence-corrected chi connectivity index (χ1v) is 7.44. The number of fused-ring (bicyclic) bond motifs is 5. The maximum atomic E-state index is 2.40. The Labute approximate surface area is 120 Å². The summed E-state index contributed by atoms with van der Waals surface area (Å²) in [7, 11) is 0. The Morgan fingerprint density at radius 2 is 1.45 bits per heavy atom. The van der Waals surface area contributed by atoms with Crippen LogP contribution < -0.4 is 0 Å². The van der Waals surface area contributed by atoms with Crippen LogP contribution in [-0.4, -0.2) is 0 Å². The van der Waals surface area contributed by atoms with E-state index >= 15 is 0 Å². The molecule has 0 radical (unpaired) electrons. The van der Waals surface area contributed by atoms with Crippen molar-refractivity contribution in [3.63, 3.8) is 0 Å². The van der Waals surface area contributed by atoms with Crippen LogP contribution in [0.1, 0.15) is 23.1 Å². The van der Waals surface area contributed by atoms with Gasteiger partial charge in [-0.25, -0.2) is 0 Å². The number of aryl methyl sites for hydroxylation is 3. The fourth-order valence-corrected chi connectivity index (χ4v) is 3.60. The summed E-state index contributed by atoms with van der Waals surface area (Å²) < 4.78 is 0. The molecule has 0 heterocycles. The van der Waals surface area contributed by atoms with E-state index < -0.39 is 0 Å². The third kappa shape index (κ3) is 1.68. The minimum Gasteiger partial charge on any atom is -0.0620 e. The Morgan fingerprint density at radius 3 is 2.35 bits per heavy atom. The van der Waals surface area contributed by atoms with Crippen LogP contribution >= 0.6 is 0 Å². The average Bonchev–Trinajstić information content (AvgIpc) is 2.66. The third-order valence-corrected chi connectivity index (χ3v) is 4.51. The maximum absolute atomic E-state index is 2.40. The molecule has 0 atom stereocenters. The zero-order valence-electron chi connectivity index (χ0n) is 11.8. The third-order valence-electron chi connectivity index (χ3n) is 4.51. The predicted octanol–water partition coefficient (Wildman–Crippen LogP) is 5.30. The van der Waals surface area contributed by atoms with E-state index in [0.29, 0.717) is 0 Å². The van der Waals surface area contributed by atoms with Gasteiger partial charge in [0.25, 0.3) is 0 Å². The van der Waals surface area contributed by atoms with Crippen molar-refractivity contribution in [2.75, 3.05) is 0 Å². The topological polar surface area (TPSA) is 0 Å². The number of benzene rings is 3. The summed E-state index contributed by atoms with van der Waals surface area (Å²) in [5.74, 6) is 0. The Kier molecular flexibility index (Phi) is 2.63. The summed E-state index contributed by atoms with van der Waals surface area (Å²) in [5.41, 5.74) is 7.33. The fraction of sp³-hybridized carbons (Fsp3) is 0.200. The average molecular weight is 258 g/mol. The molecule has 0 spiro atoms. The molecule has 0 aromatic heterocycles. The molecule has 3 aromatic carbocycles. The molecule has 0 N–H and O–H groups in total. The van der Waals surface area contributed by atoms with E-state index in [1.54, 1.807) is 0 Å².